The second kappa shape index (κ2) is 21.1. The molecule has 0 atom stereocenters. The Labute approximate surface area is 111 Å². The third kappa shape index (κ3) is 365. The lowest BCUT2D eigenvalue weighted by atomic mass is 10.4. The second-order valence-electron chi connectivity index (χ2n) is 3.86. The number of rotatable bonds is 1. The molecule has 0 aromatic carbocycles. The van der Waals surface area contributed by atoms with E-state index in [0.29, 0.717) is 6.42 Å². The first kappa shape index (κ1) is 25.6. The first-order valence-corrected chi connectivity index (χ1v) is 5.84. The van der Waals surface area contributed by atoms with E-state index in [1.165, 1.54) is 20.8 Å². The summed E-state index contributed by atoms with van der Waals surface area (Å²) in [6, 6.07) is 0. The van der Waals surface area contributed by atoms with Gasteiger partial charge in [-0.1, -0.05) is 6.92 Å². The Bertz CT molecular complexity index is 192. The van der Waals surface area contributed by atoms with Gasteiger partial charge in [0.25, 0.3) is 0 Å². The summed E-state index contributed by atoms with van der Waals surface area (Å²) in [5, 5.41) is 10.4. The maximum absolute atomic E-state index is 9.81. The third-order valence-electron chi connectivity index (χ3n) is 0.850. The molecule has 0 saturated heterocycles. The van der Waals surface area contributed by atoms with Crippen LogP contribution in [0.3, 0.4) is 0 Å². The zero-order chi connectivity index (χ0) is 15.7. The van der Waals surface area contributed by atoms with Crippen molar-refractivity contribution in [1.82, 2.24) is 5.32 Å². The number of ketones is 2. The van der Waals surface area contributed by atoms with Crippen LogP contribution in [-0.4, -0.2) is 35.7 Å². The molecule has 0 bridgehead atoms. The maximum Gasteiger partial charge on any atom is 0.216 e. The van der Waals surface area contributed by atoms with Crippen LogP contribution in [0, 0.1) is 0 Å². The van der Waals surface area contributed by atoms with Crippen molar-refractivity contribution in [3.63, 3.8) is 0 Å². The minimum absolute atomic E-state index is 0.00463. The fourth-order valence-corrected chi connectivity index (χ4v) is 0. The molecule has 0 aliphatic carbocycles. The van der Waals surface area contributed by atoms with Crippen molar-refractivity contribution >= 4 is 17.5 Å². The Kier molecular flexibility index (Phi) is 30.0. The van der Waals surface area contributed by atoms with E-state index in [2.05, 4.69) is 5.32 Å². The quantitative estimate of drug-likeness (QED) is 0.754. The predicted molar refractivity (Wildman–Crippen MR) is 74.4 cm³/mol. The van der Waals surface area contributed by atoms with Crippen LogP contribution in [0.2, 0.25) is 0 Å². The van der Waals surface area contributed by atoms with E-state index >= 15 is 0 Å². The summed E-state index contributed by atoms with van der Waals surface area (Å²) in [6.07, 6.45) is 0.500. The lowest BCUT2D eigenvalue weighted by molar-refractivity contribution is -0.118. The molecule has 0 unspecified atom stereocenters. The Morgan fingerprint density at radius 2 is 1.17 bits per heavy atom. The number of Topliss-reactive ketones (excluding diaryl/α,β-unsaturated/α-hetero) is 2. The minimum atomic E-state index is -0.167. The summed E-state index contributed by atoms with van der Waals surface area (Å²) in [5.74, 6) is 0.426. The van der Waals surface area contributed by atoms with E-state index in [-0.39, 0.29) is 23.6 Å². The lowest BCUT2D eigenvalue weighted by Crippen LogP contribution is -2.11. The standard InChI is InChI=1S/C4H8O.C3H7NO.C3H8O.C3H6O/c1-3-4(2)5;1-3(5)4-2;2*1-3(2)4/h3H2,1-2H3;1-2H3,(H,4,5);3-4H,1-2H3;1-2H3. The van der Waals surface area contributed by atoms with Gasteiger partial charge in [-0.3, -0.25) is 4.79 Å². The molecule has 0 aromatic heterocycles. The van der Waals surface area contributed by atoms with Gasteiger partial charge in [0.2, 0.25) is 5.91 Å². The Morgan fingerprint density at radius 1 is 1.06 bits per heavy atom. The number of hydrogen-bond acceptors (Lipinski definition) is 4. The minimum Gasteiger partial charge on any atom is -0.394 e. The smallest absolute Gasteiger partial charge is 0.216 e. The number of hydrogen-bond donors (Lipinski definition) is 2. The molecule has 0 aliphatic heterocycles. The molecule has 1 amide bonds. The zero-order valence-electron chi connectivity index (χ0n) is 13.0. The van der Waals surface area contributed by atoms with E-state index in [4.69, 9.17) is 5.11 Å². The average molecular weight is 263 g/mol. The zero-order valence-corrected chi connectivity index (χ0v) is 13.0. The van der Waals surface area contributed by atoms with Crippen LogP contribution in [0.1, 0.15) is 54.9 Å². The summed E-state index contributed by atoms with van der Waals surface area (Å²) in [5.41, 5.74) is 0. The Balaban J connectivity index is -0.0000000731. The van der Waals surface area contributed by atoms with Crippen molar-refractivity contribution < 1.29 is 19.5 Å². The average Bonchev–Trinajstić information content (AvgIpc) is 2.16. The van der Waals surface area contributed by atoms with E-state index in [1.807, 2.05) is 6.92 Å². The van der Waals surface area contributed by atoms with Gasteiger partial charge < -0.3 is 20.0 Å². The third-order valence-corrected chi connectivity index (χ3v) is 0.850. The summed E-state index contributed by atoms with van der Waals surface area (Å²) >= 11 is 0. The number of carbonyl (C=O) groups is 3. The van der Waals surface area contributed by atoms with Crippen molar-refractivity contribution in [2.24, 2.45) is 0 Å². The van der Waals surface area contributed by atoms with Crippen molar-refractivity contribution in [2.75, 3.05) is 7.05 Å². The molecule has 0 radical (unpaired) electrons. The topological polar surface area (TPSA) is 83.5 Å². The number of amides is 1. The van der Waals surface area contributed by atoms with Crippen molar-refractivity contribution in [3.05, 3.63) is 0 Å². The van der Waals surface area contributed by atoms with Gasteiger partial charge in [0.15, 0.2) is 0 Å². The van der Waals surface area contributed by atoms with Crippen LogP contribution >= 0.6 is 0 Å². The van der Waals surface area contributed by atoms with Crippen LogP contribution in [0.25, 0.3) is 0 Å². The van der Waals surface area contributed by atoms with Gasteiger partial charge in [-0.25, -0.2) is 0 Å². The molecular weight excluding hydrogens is 234 g/mol. The van der Waals surface area contributed by atoms with Crippen molar-refractivity contribution in [3.8, 4) is 0 Å². The first-order chi connectivity index (χ1) is 8.00. The Morgan fingerprint density at radius 3 is 1.17 bits per heavy atom. The van der Waals surface area contributed by atoms with Crippen molar-refractivity contribution in [2.45, 2.75) is 61.0 Å². The van der Waals surface area contributed by atoms with E-state index in [1.54, 1.807) is 27.8 Å². The molecule has 0 saturated carbocycles. The molecule has 5 heteroatoms. The number of nitrogens with one attached hydrogen (secondary N) is 1. The highest BCUT2D eigenvalue weighted by Gasteiger charge is 1.77. The molecule has 110 valence electrons. The molecule has 0 aromatic rings. The maximum atomic E-state index is 9.81. The van der Waals surface area contributed by atoms with Crippen LogP contribution in [0.15, 0.2) is 0 Å². The number of carbonyl (C=O) groups excluding carboxylic acids is 3. The normalized spacial score (nSPS) is 7.44. The summed E-state index contributed by atoms with van der Waals surface area (Å²) in [4.78, 5) is 29.0. The molecule has 0 aliphatic rings. The number of aliphatic hydroxyl groups is 1. The van der Waals surface area contributed by atoms with Crippen LogP contribution in [-0.2, 0) is 14.4 Å². The molecule has 0 rings (SSSR count). The van der Waals surface area contributed by atoms with Crippen molar-refractivity contribution in [1.29, 1.82) is 0 Å². The van der Waals surface area contributed by atoms with Crippen LogP contribution in [0.4, 0.5) is 0 Å². The molecule has 5 nitrogen and oxygen atoms in total. The van der Waals surface area contributed by atoms with Gasteiger partial charge >= 0.3 is 0 Å². The van der Waals surface area contributed by atoms with E-state index in [0.717, 1.165) is 0 Å². The second-order valence-corrected chi connectivity index (χ2v) is 3.86. The molecule has 2 N–H and O–H groups in total. The largest absolute Gasteiger partial charge is 0.394 e. The van der Waals surface area contributed by atoms with Crippen LogP contribution < -0.4 is 5.32 Å². The molecule has 0 fully saturated rings. The van der Waals surface area contributed by atoms with E-state index in [9.17, 15) is 14.4 Å². The van der Waals surface area contributed by atoms with Crippen LogP contribution in [0.5, 0.6) is 0 Å². The first-order valence-electron chi connectivity index (χ1n) is 5.84. The SMILES string of the molecule is CC(C)=O.CC(C)O.CCC(C)=O.CNC(C)=O. The summed E-state index contributed by atoms with van der Waals surface area (Å²) in [6.45, 7) is 11.4. The highest BCUT2D eigenvalue weighted by atomic mass is 16.3. The molecule has 18 heavy (non-hydrogen) atoms. The van der Waals surface area contributed by atoms with Gasteiger partial charge in [-0.2, -0.15) is 0 Å². The van der Waals surface area contributed by atoms with Gasteiger partial charge in [-0.15, -0.1) is 0 Å². The predicted octanol–water partition coefficient (Wildman–Crippen LogP) is 1.72. The highest BCUT2D eigenvalue weighted by Crippen LogP contribution is 1.71. The highest BCUT2D eigenvalue weighted by molar-refractivity contribution is 5.74. The van der Waals surface area contributed by atoms with Gasteiger partial charge in [0, 0.05) is 26.5 Å². The fourth-order valence-electron chi connectivity index (χ4n) is 0. The summed E-state index contributed by atoms with van der Waals surface area (Å²) in [7, 11) is 1.60. The molecule has 0 heterocycles. The molecule has 0 spiro atoms. The van der Waals surface area contributed by atoms with E-state index < -0.39 is 0 Å². The van der Waals surface area contributed by atoms with Gasteiger partial charge in [0.05, 0.1) is 0 Å². The monoisotopic (exact) mass is 263 g/mol. The summed E-state index contributed by atoms with van der Waals surface area (Å²) < 4.78 is 0. The van der Waals surface area contributed by atoms with Gasteiger partial charge in [-0.05, 0) is 34.6 Å². The lowest BCUT2D eigenvalue weighted by Gasteiger charge is -1.80. The number of aliphatic hydroxyl groups excluding tert-OH is 1. The fraction of sp³-hybridized carbons (Fsp3) is 0.769. The van der Waals surface area contributed by atoms with Gasteiger partial charge in [0.1, 0.15) is 11.6 Å². The Hall–Kier alpha value is -1.23. The molecular formula is C13H29NO4.